The summed E-state index contributed by atoms with van der Waals surface area (Å²) >= 11 is 0. The first-order chi connectivity index (χ1) is 11.8. The summed E-state index contributed by atoms with van der Waals surface area (Å²) in [5.74, 6) is 1.33. The Morgan fingerprint density at radius 3 is 2.79 bits per heavy atom. The molecule has 3 rings (SSSR count). The molecule has 1 unspecified atom stereocenters. The first-order valence-electron chi connectivity index (χ1n) is 8.45. The van der Waals surface area contributed by atoms with E-state index in [1.807, 2.05) is 0 Å². The maximum atomic E-state index is 5.49. The van der Waals surface area contributed by atoms with Crippen LogP contribution in [0.2, 0.25) is 0 Å². The van der Waals surface area contributed by atoms with Crippen LogP contribution in [0.5, 0.6) is 0 Å². The lowest BCUT2D eigenvalue weighted by molar-refractivity contribution is 0.193. The van der Waals surface area contributed by atoms with Crippen LogP contribution in [0.25, 0.3) is 0 Å². The molecule has 0 N–H and O–H groups in total. The SMILES string of the molecule is COCCN(Cc1ccc(C)cc1)c1cc(C2CCOC2)ncn1. The fourth-order valence-corrected chi connectivity index (χ4v) is 2.92. The van der Waals surface area contributed by atoms with Gasteiger partial charge in [-0.15, -0.1) is 0 Å². The Morgan fingerprint density at radius 1 is 1.25 bits per heavy atom. The quantitative estimate of drug-likeness (QED) is 0.782. The van der Waals surface area contributed by atoms with Crippen molar-refractivity contribution in [3.8, 4) is 0 Å². The van der Waals surface area contributed by atoms with Crippen LogP contribution >= 0.6 is 0 Å². The van der Waals surface area contributed by atoms with Crippen molar-refractivity contribution < 1.29 is 9.47 Å². The highest BCUT2D eigenvalue weighted by atomic mass is 16.5. The van der Waals surface area contributed by atoms with Crippen molar-refractivity contribution >= 4 is 5.82 Å². The topological polar surface area (TPSA) is 47.5 Å². The smallest absolute Gasteiger partial charge is 0.132 e. The minimum Gasteiger partial charge on any atom is -0.383 e. The predicted molar refractivity (Wildman–Crippen MR) is 94.3 cm³/mol. The Labute approximate surface area is 143 Å². The Kier molecular flexibility index (Phi) is 5.77. The molecule has 1 aromatic carbocycles. The molecule has 0 amide bonds. The van der Waals surface area contributed by atoms with Gasteiger partial charge in [-0.2, -0.15) is 0 Å². The van der Waals surface area contributed by atoms with Gasteiger partial charge in [0.2, 0.25) is 0 Å². The second-order valence-electron chi connectivity index (χ2n) is 6.26. The number of nitrogens with zero attached hydrogens (tertiary/aromatic N) is 3. The summed E-state index contributed by atoms with van der Waals surface area (Å²) in [6.45, 7) is 5.95. The standard InChI is InChI=1S/C19H25N3O2/c1-15-3-5-16(6-4-15)12-22(8-10-23-2)19-11-18(20-14-21-19)17-7-9-24-13-17/h3-6,11,14,17H,7-10,12-13H2,1-2H3. The number of ether oxygens (including phenoxy) is 2. The maximum Gasteiger partial charge on any atom is 0.132 e. The zero-order valence-corrected chi connectivity index (χ0v) is 14.4. The number of aromatic nitrogens is 2. The average molecular weight is 327 g/mol. The molecule has 24 heavy (non-hydrogen) atoms. The van der Waals surface area contributed by atoms with Crippen LogP contribution in [0.15, 0.2) is 36.7 Å². The van der Waals surface area contributed by atoms with E-state index in [-0.39, 0.29) is 0 Å². The van der Waals surface area contributed by atoms with Crippen molar-refractivity contribution in [1.82, 2.24) is 9.97 Å². The van der Waals surface area contributed by atoms with E-state index in [4.69, 9.17) is 9.47 Å². The van der Waals surface area contributed by atoms with Gasteiger partial charge < -0.3 is 14.4 Å². The van der Waals surface area contributed by atoms with Gasteiger partial charge in [-0.3, -0.25) is 0 Å². The zero-order valence-electron chi connectivity index (χ0n) is 14.4. The van der Waals surface area contributed by atoms with Crippen molar-refractivity contribution in [2.45, 2.75) is 25.8 Å². The summed E-state index contributed by atoms with van der Waals surface area (Å²) in [4.78, 5) is 11.2. The lowest BCUT2D eigenvalue weighted by atomic mass is 10.0. The highest BCUT2D eigenvalue weighted by Gasteiger charge is 2.20. The number of anilines is 1. The summed E-state index contributed by atoms with van der Waals surface area (Å²) in [6, 6.07) is 10.7. The fraction of sp³-hybridized carbons (Fsp3) is 0.474. The van der Waals surface area contributed by atoms with Crippen molar-refractivity contribution in [2.24, 2.45) is 0 Å². The summed E-state index contributed by atoms with van der Waals surface area (Å²) in [6.07, 6.45) is 2.70. The average Bonchev–Trinajstić information content (AvgIpc) is 3.15. The van der Waals surface area contributed by atoms with Gasteiger partial charge in [0, 0.05) is 38.8 Å². The van der Waals surface area contributed by atoms with E-state index >= 15 is 0 Å². The van der Waals surface area contributed by atoms with Gasteiger partial charge in [0.15, 0.2) is 0 Å². The van der Waals surface area contributed by atoms with Gasteiger partial charge in [-0.1, -0.05) is 29.8 Å². The summed E-state index contributed by atoms with van der Waals surface area (Å²) in [7, 11) is 1.73. The Bertz CT molecular complexity index is 639. The summed E-state index contributed by atoms with van der Waals surface area (Å²) < 4.78 is 10.8. The number of aryl methyl sites for hydroxylation is 1. The van der Waals surface area contributed by atoms with E-state index < -0.39 is 0 Å². The van der Waals surface area contributed by atoms with E-state index in [1.54, 1.807) is 13.4 Å². The number of rotatable bonds is 7. The lowest BCUT2D eigenvalue weighted by Gasteiger charge is -2.24. The molecule has 0 bridgehead atoms. The van der Waals surface area contributed by atoms with Crippen LogP contribution in [-0.4, -0.2) is 43.4 Å². The number of hydrogen-bond donors (Lipinski definition) is 0. The molecule has 1 atom stereocenters. The van der Waals surface area contributed by atoms with E-state index in [1.165, 1.54) is 11.1 Å². The molecule has 2 aromatic rings. The van der Waals surface area contributed by atoms with Crippen LogP contribution in [0.3, 0.4) is 0 Å². The minimum absolute atomic E-state index is 0.385. The van der Waals surface area contributed by atoms with Crippen molar-refractivity contribution in [3.05, 3.63) is 53.5 Å². The third-order valence-electron chi connectivity index (χ3n) is 4.41. The molecule has 1 aliphatic heterocycles. The Hall–Kier alpha value is -1.98. The Balaban J connectivity index is 1.79. The van der Waals surface area contributed by atoms with E-state index in [2.05, 4.69) is 52.1 Å². The second kappa shape index (κ2) is 8.22. The molecule has 1 aromatic heterocycles. The highest BCUT2D eigenvalue weighted by molar-refractivity contribution is 5.41. The molecule has 0 saturated carbocycles. The summed E-state index contributed by atoms with van der Waals surface area (Å²) in [5.41, 5.74) is 3.61. The molecular formula is C19H25N3O2. The Morgan fingerprint density at radius 2 is 2.08 bits per heavy atom. The fourth-order valence-electron chi connectivity index (χ4n) is 2.92. The minimum atomic E-state index is 0.385. The van der Waals surface area contributed by atoms with Gasteiger partial charge in [0.25, 0.3) is 0 Å². The molecule has 0 radical (unpaired) electrons. The van der Waals surface area contributed by atoms with E-state index in [9.17, 15) is 0 Å². The first-order valence-corrected chi connectivity index (χ1v) is 8.45. The number of methoxy groups -OCH3 is 1. The highest BCUT2D eigenvalue weighted by Crippen LogP contribution is 2.25. The van der Waals surface area contributed by atoms with Crippen LogP contribution in [-0.2, 0) is 16.0 Å². The van der Waals surface area contributed by atoms with E-state index in [0.29, 0.717) is 12.5 Å². The van der Waals surface area contributed by atoms with Crippen LogP contribution < -0.4 is 4.90 Å². The zero-order chi connectivity index (χ0) is 16.8. The van der Waals surface area contributed by atoms with Gasteiger partial charge in [0.1, 0.15) is 12.1 Å². The van der Waals surface area contributed by atoms with Crippen molar-refractivity contribution in [3.63, 3.8) is 0 Å². The van der Waals surface area contributed by atoms with Crippen LogP contribution in [0.1, 0.15) is 29.2 Å². The normalized spacial score (nSPS) is 17.2. The largest absolute Gasteiger partial charge is 0.383 e. The summed E-state index contributed by atoms with van der Waals surface area (Å²) in [5, 5.41) is 0. The second-order valence-corrected chi connectivity index (χ2v) is 6.26. The van der Waals surface area contributed by atoms with Gasteiger partial charge in [-0.05, 0) is 18.9 Å². The molecule has 0 aliphatic carbocycles. The third kappa shape index (κ3) is 4.30. The molecule has 0 spiro atoms. The lowest BCUT2D eigenvalue weighted by Crippen LogP contribution is -2.28. The number of hydrogen-bond acceptors (Lipinski definition) is 5. The molecule has 128 valence electrons. The molecule has 5 heteroatoms. The first kappa shape index (κ1) is 16.9. The molecule has 2 heterocycles. The molecular weight excluding hydrogens is 302 g/mol. The predicted octanol–water partition coefficient (Wildman–Crippen LogP) is 2.94. The molecule has 1 saturated heterocycles. The molecule has 1 fully saturated rings. The van der Waals surface area contributed by atoms with Gasteiger partial charge >= 0.3 is 0 Å². The number of benzene rings is 1. The van der Waals surface area contributed by atoms with Crippen molar-refractivity contribution in [1.29, 1.82) is 0 Å². The van der Waals surface area contributed by atoms with Gasteiger partial charge in [0.05, 0.1) is 18.9 Å². The van der Waals surface area contributed by atoms with Crippen molar-refractivity contribution in [2.75, 3.05) is 38.4 Å². The third-order valence-corrected chi connectivity index (χ3v) is 4.41. The maximum absolute atomic E-state index is 5.49. The molecule has 1 aliphatic rings. The van der Waals surface area contributed by atoms with Gasteiger partial charge in [-0.25, -0.2) is 9.97 Å². The molecule has 5 nitrogen and oxygen atoms in total. The van der Waals surface area contributed by atoms with E-state index in [0.717, 1.165) is 44.2 Å². The van der Waals surface area contributed by atoms with Crippen LogP contribution in [0, 0.1) is 6.92 Å². The van der Waals surface area contributed by atoms with Crippen LogP contribution in [0.4, 0.5) is 5.82 Å². The monoisotopic (exact) mass is 327 g/mol.